The fraction of sp³-hybridized carbons (Fsp3) is 0.741. The van der Waals surface area contributed by atoms with E-state index in [1.165, 1.54) is 38.5 Å². The summed E-state index contributed by atoms with van der Waals surface area (Å²) in [6, 6.07) is 5.71. The van der Waals surface area contributed by atoms with Gasteiger partial charge >= 0.3 is 0 Å². The minimum Gasteiger partial charge on any atom is -0.376 e. The second-order valence-corrected chi connectivity index (χ2v) is 12.1. The van der Waals surface area contributed by atoms with Crippen LogP contribution in [0.4, 0.5) is 17.1 Å². The Labute approximate surface area is 203 Å². The molecule has 34 heavy (non-hydrogen) atoms. The first-order valence-corrected chi connectivity index (χ1v) is 13.3. The van der Waals surface area contributed by atoms with Crippen LogP contribution in [0.5, 0.6) is 0 Å². The maximum Gasteiger partial charge on any atom is 0.292 e. The van der Waals surface area contributed by atoms with Crippen LogP contribution >= 0.6 is 0 Å². The number of nitrogens with zero attached hydrogens (tertiary/aromatic N) is 3. The number of rotatable bonds is 7. The van der Waals surface area contributed by atoms with E-state index < -0.39 is 0 Å². The molecule has 4 aliphatic carbocycles. The number of carbonyl (C=O) groups excluding carboxylic acids is 1. The maximum atomic E-state index is 12.4. The maximum absolute atomic E-state index is 12.4. The molecule has 1 heterocycles. The second-order valence-electron chi connectivity index (χ2n) is 12.1. The van der Waals surface area contributed by atoms with Gasteiger partial charge in [-0.3, -0.25) is 14.9 Å². The van der Waals surface area contributed by atoms with E-state index in [2.05, 4.69) is 31.0 Å². The van der Waals surface area contributed by atoms with Gasteiger partial charge in [-0.2, -0.15) is 0 Å². The number of anilines is 2. The molecular weight excluding hydrogens is 428 g/mol. The fourth-order valence-electron chi connectivity index (χ4n) is 7.78. The molecule has 6 rings (SSSR count). The van der Waals surface area contributed by atoms with Crippen molar-refractivity contribution in [3.63, 3.8) is 0 Å². The summed E-state index contributed by atoms with van der Waals surface area (Å²) in [5.74, 6) is 3.15. The molecule has 7 nitrogen and oxygen atoms in total. The number of benzene rings is 1. The predicted octanol–water partition coefficient (Wildman–Crippen LogP) is 5.31. The number of nitro benzene ring substituents is 1. The van der Waals surface area contributed by atoms with E-state index in [1.807, 2.05) is 17.0 Å². The Morgan fingerprint density at radius 3 is 2.18 bits per heavy atom. The zero-order valence-corrected chi connectivity index (χ0v) is 21.0. The van der Waals surface area contributed by atoms with Gasteiger partial charge in [0.2, 0.25) is 5.91 Å². The molecule has 4 bridgehead atoms. The molecule has 0 radical (unpaired) electrons. The van der Waals surface area contributed by atoms with Gasteiger partial charge in [0, 0.05) is 50.4 Å². The van der Waals surface area contributed by atoms with Crippen LogP contribution in [-0.2, 0) is 4.79 Å². The molecule has 0 unspecified atom stereocenters. The number of piperazine rings is 1. The third kappa shape index (κ3) is 4.50. The fourth-order valence-corrected chi connectivity index (χ4v) is 7.78. The number of nitro groups is 1. The molecule has 1 aliphatic heterocycles. The highest BCUT2D eigenvalue weighted by Crippen LogP contribution is 2.61. The van der Waals surface area contributed by atoms with Crippen molar-refractivity contribution < 1.29 is 9.72 Å². The molecule has 4 saturated carbocycles. The smallest absolute Gasteiger partial charge is 0.292 e. The minimum absolute atomic E-state index is 0.158. The summed E-state index contributed by atoms with van der Waals surface area (Å²) in [7, 11) is 0. The Balaban J connectivity index is 1.30. The Morgan fingerprint density at radius 2 is 1.65 bits per heavy atom. The van der Waals surface area contributed by atoms with Gasteiger partial charge in [-0.1, -0.05) is 13.8 Å². The molecule has 5 fully saturated rings. The lowest BCUT2D eigenvalue weighted by Gasteiger charge is -2.59. The van der Waals surface area contributed by atoms with Crippen LogP contribution in [0.3, 0.4) is 0 Å². The number of nitrogens with one attached hydrogen (secondary N) is 1. The van der Waals surface area contributed by atoms with Gasteiger partial charge in [0.1, 0.15) is 5.69 Å². The highest BCUT2D eigenvalue weighted by Gasteiger charge is 2.53. The summed E-state index contributed by atoms with van der Waals surface area (Å²) in [6.45, 7) is 9.32. The third-order valence-electron chi connectivity index (χ3n) is 9.13. The molecule has 186 valence electrons. The van der Waals surface area contributed by atoms with Crippen LogP contribution in [0.25, 0.3) is 0 Å². The van der Waals surface area contributed by atoms with Crippen LogP contribution in [0.2, 0.25) is 0 Å². The van der Waals surface area contributed by atoms with Crippen molar-refractivity contribution in [2.45, 2.75) is 71.8 Å². The van der Waals surface area contributed by atoms with Gasteiger partial charge in [0.25, 0.3) is 5.69 Å². The normalized spacial score (nSPS) is 31.1. The molecule has 1 aromatic carbocycles. The first-order chi connectivity index (χ1) is 16.2. The molecule has 1 N–H and O–H groups in total. The quantitative estimate of drug-likeness (QED) is 0.434. The predicted molar refractivity (Wildman–Crippen MR) is 135 cm³/mol. The summed E-state index contributed by atoms with van der Waals surface area (Å²) >= 11 is 0. The minimum atomic E-state index is -0.263. The molecule has 5 aliphatic rings. The monoisotopic (exact) mass is 468 g/mol. The van der Waals surface area contributed by atoms with E-state index in [0.717, 1.165) is 36.5 Å². The number of carbonyl (C=O) groups is 1. The molecule has 0 spiro atoms. The molecule has 1 amide bonds. The van der Waals surface area contributed by atoms with Crippen LogP contribution in [0, 0.1) is 39.2 Å². The van der Waals surface area contributed by atoms with Crippen molar-refractivity contribution in [2.24, 2.45) is 29.1 Å². The van der Waals surface area contributed by atoms with Crippen molar-refractivity contribution in [3.8, 4) is 0 Å². The molecule has 0 aromatic heterocycles. The Hall–Kier alpha value is -2.31. The van der Waals surface area contributed by atoms with Gasteiger partial charge in [0.05, 0.1) is 4.92 Å². The van der Waals surface area contributed by atoms with E-state index in [9.17, 15) is 14.9 Å². The van der Waals surface area contributed by atoms with Crippen LogP contribution in [0.1, 0.15) is 65.7 Å². The van der Waals surface area contributed by atoms with Crippen molar-refractivity contribution in [3.05, 3.63) is 28.3 Å². The van der Waals surface area contributed by atoms with E-state index in [0.29, 0.717) is 31.1 Å². The summed E-state index contributed by atoms with van der Waals surface area (Å²) in [4.78, 5) is 28.2. The summed E-state index contributed by atoms with van der Waals surface area (Å²) in [5.41, 5.74) is 2.08. The van der Waals surface area contributed by atoms with Gasteiger partial charge in [0.15, 0.2) is 0 Å². The molecule has 1 atom stereocenters. The van der Waals surface area contributed by atoms with E-state index in [-0.39, 0.29) is 28.0 Å². The first-order valence-electron chi connectivity index (χ1n) is 13.3. The van der Waals surface area contributed by atoms with Crippen molar-refractivity contribution in [2.75, 3.05) is 36.4 Å². The van der Waals surface area contributed by atoms with E-state index >= 15 is 0 Å². The Bertz CT molecular complexity index is 903. The van der Waals surface area contributed by atoms with Gasteiger partial charge < -0.3 is 15.1 Å². The molecular formula is C27H40N4O3. The van der Waals surface area contributed by atoms with E-state index in [1.54, 1.807) is 6.07 Å². The average molecular weight is 469 g/mol. The zero-order chi connectivity index (χ0) is 24.0. The lowest BCUT2D eigenvalue weighted by Crippen LogP contribution is -2.53. The van der Waals surface area contributed by atoms with Crippen molar-refractivity contribution in [1.29, 1.82) is 0 Å². The lowest BCUT2D eigenvalue weighted by molar-refractivity contribution is -0.384. The SMILES string of the molecule is CC(C)CC(=O)N1CCN(c2ccc([N+](=O)[O-])c(N[C@@H](C)C34CC5CC(CC(C5)C3)C4)c2)CC1. The molecule has 1 aromatic rings. The third-order valence-corrected chi connectivity index (χ3v) is 9.13. The van der Waals surface area contributed by atoms with Crippen molar-refractivity contribution in [1.82, 2.24) is 4.90 Å². The largest absolute Gasteiger partial charge is 0.376 e. The molecule has 1 saturated heterocycles. The summed E-state index contributed by atoms with van der Waals surface area (Å²) < 4.78 is 0. The Morgan fingerprint density at radius 1 is 1.06 bits per heavy atom. The Kier molecular flexibility index (Phi) is 6.23. The van der Waals surface area contributed by atoms with Crippen LogP contribution < -0.4 is 10.2 Å². The van der Waals surface area contributed by atoms with Crippen LogP contribution in [0.15, 0.2) is 18.2 Å². The molecule has 7 heteroatoms. The van der Waals surface area contributed by atoms with E-state index in [4.69, 9.17) is 0 Å². The first kappa shape index (κ1) is 23.4. The van der Waals surface area contributed by atoms with Gasteiger partial charge in [-0.05, 0) is 86.7 Å². The zero-order valence-electron chi connectivity index (χ0n) is 21.0. The topological polar surface area (TPSA) is 78.7 Å². The van der Waals surface area contributed by atoms with Crippen molar-refractivity contribution >= 4 is 23.0 Å². The second kappa shape index (κ2) is 9.04. The average Bonchev–Trinajstić information content (AvgIpc) is 2.77. The standard InChI is InChI=1S/C27H40N4O3/c1-18(2)10-26(32)30-8-6-29(7-9-30)23-4-5-25(31(33)34)24(14-23)28-19(3)27-15-20-11-21(16-27)13-22(12-20)17-27/h4-5,14,18-22,28H,6-13,15-17H2,1-3H3/t19-,20?,21?,22?,27?/m0/s1. The highest BCUT2D eigenvalue weighted by atomic mass is 16.6. The summed E-state index contributed by atoms with van der Waals surface area (Å²) in [5, 5.41) is 15.5. The van der Waals surface area contributed by atoms with Gasteiger partial charge in [-0.25, -0.2) is 0 Å². The van der Waals surface area contributed by atoms with Gasteiger partial charge in [-0.15, -0.1) is 0 Å². The summed E-state index contributed by atoms with van der Waals surface area (Å²) in [6.07, 6.45) is 8.59. The van der Waals surface area contributed by atoms with Crippen LogP contribution in [-0.4, -0.2) is 48.0 Å². The number of amides is 1. The highest BCUT2D eigenvalue weighted by molar-refractivity contribution is 5.77. The lowest BCUT2D eigenvalue weighted by atomic mass is 9.48. The number of hydrogen-bond acceptors (Lipinski definition) is 5. The number of hydrogen-bond donors (Lipinski definition) is 1.